The molecule has 1 heterocycles. The van der Waals surface area contributed by atoms with Gasteiger partial charge in [-0.05, 0) is 25.0 Å². The van der Waals surface area contributed by atoms with Crippen LogP contribution in [0, 0.1) is 27.4 Å². The fourth-order valence-electron chi connectivity index (χ4n) is 3.23. The Balaban J connectivity index is 1.74. The Kier molecular flexibility index (Phi) is 4.75. The lowest BCUT2D eigenvalue weighted by molar-refractivity contribution is -0.384. The smallest absolute Gasteiger partial charge is 0.293 e. The number of carbonyl (C=O) groups is 1. The summed E-state index contributed by atoms with van der Waals surface area (Å²) in [6.45, 7) is 1.16. The number of piperidine rings is 1. The Morgan fingerprint density at radius 1 is 1.16 bits per heavy atom. The van der Waals surface area contributed by atoms with Gasteiger partial charge in [-0.15, -0.1) is 0 Å². The van der Waals surface area contributed by atoms with Gasteiger partial charge in [-0.1, -0.05) is 30.3 Å². The number of carbonyl (C=O) groups excluding carboxylic acids is 1. The summed E-state index contributed by atoms with van der Waals surface area (Å²) in [4.78, 5) is 25.3. The van der Waals surface area contributed by atoms with Gasteiger partial charge < -0.3 is 4.90 Å². The predicted molar refractivity (Wildman–Crippen MR) is 93.5 cm³/mol. The van der Waals surface area contributed by atoms with Crippen molar-refractivity contribution in [1.29, 1.82) is 5.26 Å². The van der Waals surface area contributed by atoms with Gasteiger partial charge in [0.25, 0.3) is 5.69 Å². The molecule has 2 aromatic carbocycles. The second-order valence-corrected chi connectivity index (χ2v) is 6.06. The van der Waals surface area contributed by atoms with Gasteiger partial charge in [-0.2, -0.15) is 5.26 Å². The molecule has 1 aliphatic rings. The van der Waals surface area contributed by atoms with E-state index in [-0.39, 0.29) is 23.0 Å². The zero-order chi connectivity index (χ0) is 17.8. The first-order valence-electron chi connectivity index (χ1n) is 8.13. The lowest BCUT2D eigenvalue weighted by Crippen LogP contribution is -2.36. The maximum Gasteiger partial charge on any atom is 0.293 e. The standard InChI is InChI=1S/C19H17N3O3/c20-13-14-6-7-17(18(12-14)22(24)25)21-10-8-16(9-11-21)19(23)15-4-2-1-3-5-15/h1-7,12,16H,8-11H2. The monoisotopic (exact) mass is 335 g/mol. The third kappa shape index (κ3) is 3.50. The van der Waals surface area contributed by atoms with Gasteiger partial charge in [0.05, 0.1) is 16.6 Å². The van der Waals surface area contributed by atoms with Crippen molar-refractivity contribution in [3.8, 4) is 6.07 Å². The molecular weight excluding hydrogens is 318 g/mol. The van der Waals surface area contributed by atoms with Crippen molar-refractivity contribution in [2.75, 3.05) is 18.0 Å². The first-order chi connectivity index (χ1) is 12.1. The van der Waals surface area contributed by atoms with Gasteiger partial charge in [0.1, 0.15) is 5.69 Å². The van der Waals surface area contributed by atoms with Crippen molar-refractivity contribution in [3.63, 3.8) is 0 Å². The highest BCUT2D eigenvalue weighted by Gasteiger charge is 2.28. The molecule has 0 atom stereocenters. The highest BCUT2D eigenvalue weighted by atomic mass is 16.6. The number of ketones is 1. The van der Waals surface area contributed by atoms with Gasteiger partial charge in [-0.3, -0.25) is 14.9 Å². The average Bonchev–Trinajstić information content (AvgIpc) is 2.67. The van der Waals surface area contributed by atoms with E-state index < -0.39 is 4.92 Å². The number of rotatable bonds is 4. The highest BCUT2D eigenvalue weighted by molar-refractivity contribution is 5.98. The molecule has 1 fully saturated rings. The molecule has 126 valence electrons. The second kappa shape index (κ2) is 7.14. The zero-order valence-corrected chi connectivity index (χ0v) is 13.6. The van der Waals surface area contributed by atoms with Crippen molar-refractivity contribution >= 4 is 17.2 Å². The van der Waals surface area contributed by atoms with Crippen LogP contribution in [0.3, 0.4) is 0 Å². The van der Waals surface area contributed by atoms with E-state index in [1.165, 1.54) is 6.07 Å². The van der Waals surface area contributed by atoms with Crippen molar-refractivity contribution in [2.24, 2.45) is 5.92 Å². The van der Waals surface area contributed by atoms with E-state index >= 15 is 0 Å². The van der Waals surface area contributed by atoms with Gasteiger partial charge in [0, 0.05) is 30.6 Å². The van der Waals surface area contributed by atoms with Gasteiger partial charge in [-0.25, -0.2) is 0 Å². The molecule has 2 aromatic rings. The minimum absolute atomic E-state index is 0.0592. The molecule has 6 nitrogen and oxygen atoms in total. The lowest BCUT2D eigenvalue weighted by Gasteiger charge is -2.32. The lowest BCUT2D eigenvalue weighted by atomic mass is 9.88. The maximum absolute atomic E-state index is 12.5. The van der Waals surface area contributed by atoms with Gasteiger partial charge in [0.2, 0.25) is 0 Å². The molecule has 25 heavy (non-hydrogen) atoms. The van der Waals surface area contributed by atoms with Crippen molar-refractivity contribution in [2.45, 2.75) is 12.8 Å². The van der Waals surface area contributed by atoms with Crippen LogP contribution in [-0.2, 0) is 0 Å². The Morgan fingerprint density at radius 2 is 1.84 bits per heavy atom. The minimum atomic E-state index is -0.461. The summed E-state index contributed by atoms with van der Waals surface area (Å²) in [5.41, 5.74) is 1.43. The number of hydrogen-bond donors (Lipinski definition) is 0. The van der Waals surface area contributed by atoms with Crippen molar-refractivity contribution in [1.82, 2.24) is 0 Å². The van der Waals surface area contributed by atoms with E-state index in [0.29, 0.717) is 37.2 Å². The number of anilines is 1. The predicted octanol–water partition coefficient (Wildman–Crippen LogP) is 3.57. The van der Waals surface area contributed by atoms with Crippen LogP contribution in [0.15, 0.2) is 48.5 Å². The minimum Gasteiger partial charge on any atom is -0.366 e. The summed E-state index contributed by atoms with van der Waals surface area (Å²) in [7, 11) is 0. The third-order valence-electron chi connectivity index (χ3n) is 4.57. The molecule has 3 rings (SSSR count). The Hall–Kier alpha value is -3.20. The Morgan fingerprint density at radius 3 is 2.44 bits per heavy atom. The normalized spacial score (nSPS) is 14.8. The first kappa shape index (κ1) is 16.7. The van der Waals surface area contributed by atoms with E-state index in [1.807, 2.05) is 41.3 Å². The topological polar surface area (TPSA) is 87.2 Å². The largest absolute Gasteiger partial charge is 0.366 e. The molecule has 1 aliphatic heterocycles. The van der Waals surface area contributed by atoms with Crippen LogP contribution in [-0.4, -0.2) is 23.8 Å². The summed E-state index contributed by atoms with van der Waals surface area (Å²) >= 11 is 0. The molecule has 0 unspecified atom stereocenters. The molecule has 0 bridgehead atoms. The number of nitro benzene ring substituents is 1. The summed E-state index contributed by atoms with van der Waals surface area (Å²) in [5.74, 6) is 0.0747. The zero-order valence-electron chi connectivity index (χ0n) is 13.6. The summed E-state index contributed by atoms with van der Waals surface area (Å²) in [5, 5.41) is 20.2. The van der Waals surface area contributed by atoms with E-state index in [1.54, 1.807) is 12.1 Å². The van der Waals surface area contributed by atoms with Crippen LogP contribution in [0.4, 0.5) is 11.4 Å². The van der Waals surface area contributed by atoms with Crippen LogP contribution >= 0.6 is 0 Å². The summed E-state index contributed by atoms with van der Waals surface area (Å²) in [6, 6.07) is 15.7. The molecule has 1 saturated heterocycles. The molecule has 0 N–H and O–H groups in total. The molecule has 0 aromatic heterocycles. The third-order valence-corrected chi connectivity index (χ3v) is 4.57. The number of nitrogens with zero attached hydrogens (tertiary/aromatic N) is 3. The molecule has 0 amide bonds. The molecule has 6 heteroatoms. The molecule has 0 spiro atoms. The summed E-state index contributed by atoms with van der Waals surface area (Å²) in [6.07, 6.45) is 1.32. The number of nitriles is 1. The molecule has 0 radical (unpaired) electrons. The highest BCUT2D eigenvalue weighted by Crippen LogP contribution is 2.33. The number of hydrogen-bond acceptors (Lipinski definition) is 5. The first-order valence-corrected chi connectivity index (χ1v) is 8.13. The molecule has 0 saturated carbocycles. The molecular formula is C19H17N3O3. The van der Waals surface area contributed by atoms with Crippen molar-refractivity contribution < 1.29 is 9.72 Å². The molecule has 0 aliphatic carbocycles. The van der Waals surface area contributed by atoms with Crippen LogP contribution in [0.5, 0.6) is 0 Å². The number of benzene rings is 2. The number of nitro groups is 1. The van der Waals surface area contributed by atoms with E-state index in [2.05, 4.69) is 0 Å². The fraction of sp³-hybridized carbons (Fsp3) is 0.263. The summed E-state index contributed by atoms with van der Waals surface area (Å²) < 4.78 is 0. The van der Waals surface area contributed by atoms with Crippen LogP contribution in [0.2, 0.25) is 0 Å². The van der Waals surface area contributed by atoms with Crippen LogP contribution < -0.4 is 4.90 Å². The quantitative estimate of drug-likeness (QED) is 0.484. The van der Waals surface area contributed by atoms with Gasteiger partial charge >= 0.3 is 0 Å². The SMILES string of the molecule is N#Cc1ccc(N2CCC(C(=O)c3ccccc3)CC2)c([N+](=O)[O-])c1. The van der Waals surface area contributed by atoms with Crippen LogP contribution in [0.25, 0.3) is 0 Å². The van der Waals surface area contributed by atoms with Crippen LogP contribution in [0.1, 0.15) is 28.8 Å². The average molecular weight is 335 g/mol. The Bertz CT molecular complexity index is 835. The van der Waals surface area contributed by atoms with E-state index in [9.17, 15) is 14.9 Å². The number of Topliss-reactive ketones (excluding diaryl/α,β-unsaturated/α-hetero) is 1. The Labute approximate surface area is 145 Å². The van der Waals surface area contributed by atoms with E-state index in [0.717, 1.165) is 0 Å². The van der Waals surface area contributed by atoms with E-state index in [4.69, 9.17) is 5.26 Å². The second-order valence-electron chi connectivity index (χ2n) is 6.06. The van der Waals surface area contributed by atoms with Crippen molar-refractivity contribution in [3.05, 3.63) is 69.8 Å². The fourth-order valence-corrected chi connectivity index (χ4v) is 3.23. The van der Waals surface area contributed by atoms with Gasteiger partial charge in [0.15, 0.2) is 5.78 Å². The maximum atomic E-state index is 12.5.